The van der Waals surface area contributed by atoms with Crippen molar-refractivity contribution in [2.75, 3.05) is 5.33 Å². The van der Waals surface area contributed by atoms with Crippen molar-refractivity contribution in [3.05, 3.63) is 0 Å². The van der Waals surface area contributed by atoms with Crippen LogP contribution in [0, 0.1) is 11.8 Å². The van der Waals surface area contributed by atoms with Gasteiger partial charge >= 0.3 is 6.18 Å². The largest absolute Gasteiger partial charge is 0.391 e. The number of carbonyl (C=O) groups excluding carboxylic acids is 1. The number of halogens is 4. The van der Waals surface area contributed by atoms with Crippen LogP contribution in [0.5, 0.6) is 0 Å². The summed E-state index contributed by atoms with van der Waals surface area (Å²) in [7, 11) is 0. The molecular formula is C13H21BrF3NO. The number of hydrogen-bond donors (Lipinski definition) is 1. The molecular weight excluding hydrogens is 323 g/mol. The van der Waals surface area contributed by atoms with Crippen molar-refractivity contribution < 1.29 is 18.0 Å². The summed E-state index contributed by atoms with van der Waals surface area (Å²) in [5.74, 6) is -1.61. The average Bonchev–Trinajstić information content (AvgIpc) is 2.37. The Kier molecular flexibility index (Phi) is 5.71. The van der Waals surface area contributed by atoms with Gasteiger partial charge in [0.15, 0.2) is 0 Å². The predicted molar refractivity (Wildman–Crippen MR) is 72.1 cm³/mol. The molecule has 1 fully saturated rings. The van der Waals surface area contributed by atoms with E-state index < -0.39 is 12.1 Å². The van der Waals surface area contributed by atoms with E-state index in [9.17, 15) is 18.0 Å². The monoisotopic (exact) mass is 343 g/mol. The lowest BCUT2D eigenvalue weighted by atomic mass is 9.81. The summed E-state index contributed by atoms with van der Waals surface area (Å²) >= 11 is 3.36. The summed E-state index contributed by atoms with van der Waals surface area (Å²) < 4.78 is 37.6. The molecule has 0 aromatic rings. The molecule has 0 aromatic heterocycles. The van der Waals surface area contributed by atoms with Crippen LogP contribution in [0.15, 0.2) is 0 Å². The van der Waals surface area contributed by atoms with Crippen LogP contribution in [-0.4, -0.2) is 23.0 Å². The molecule has 1 N–H and O–H groups in total. The summed E-state index contributed by atoms with van der Waals surface area (Å²) in [5, 5.41) is 3.59. The third-order valence-corrected chi connectivity index (χ3v) is 5.30. The first kappa shape index (κ1) is 16.8. The molecule has 6 heteroatoms. The van der Waals surface area contributed by atoms with Crippen molar-refractivity contribution in [3.8, 4) is 0 Å². The molecule has 1 amide bonds. The van der Waals surface area contributed by atoms with Gasteiger partial charge in [-0.2, -0.15) is 13.2 Å². The summed E-state index contributed by atoms with van der Waals surface area (Å²) in [6, 6.07) is 0. The fourth-order valence-corrected chi connectivity index (χ4v) is 2.84. The normalized spacial score (nSPS) is 27.7. The second-order valence-electron chi connectivity index (χ2n) is 5.63. The molecule has 0 radical (unpaired) electrons. The number of carbonyl (C=O) groups is 1. The van der Waals surface area contributed by atoms with Gasteiger partial charge in [-0.05, 0) is 39.0 Å². The van der Waals surface area contributed by atoms with Crippen molar-refractivity contribution in [1.29, 1.82) is 0 Å². The Bertz CT molecular complexity index is 308. The first-order valence-electron chi connectivity index (χ1n) is 6.66. The van der Waals surface area contributed by atoms with Crippen molar-refractivity contribution in [2.24, 2.45) is 11.8 Å². The van der Waals surface area contributed by atoms with Crippen molar-refractivity contribution in [2.45, 2.75) is 57.7 Å². The van der Waals surface area contributed by atoms with E-state index in [-0.39, 0.29) is 30.2 Å². The summed E-state index contributed by atoms with van der Waals surface area (Å²) in [5.41, 5.74) is -0.321. The smallest absolute Gasteiger partial charge is 0.350 e. The van der Waals surface area contributed by atoms with Crippen LogP contribution >= 0.6 is 15.9 Å². The Labute approximate surface area is 120 Å². The zero-order chi connectivity index (χ0) is 14.7. The van der Waals surface area contributed by atoms with Gasteiger partial charge in [0.2, 0.25) is 5.91 Å². The highest BCUT2D eigenvalue weighted by molar-refractivity contribution is 9.09. The van der Waals surface area contributed by atoms with E-state index in [1.54, 1.807) is 0 Å². The highest BCUT2D eigenvalue weighted by Crippen LogP contribution is 2.39. The first-order valence-corrected chi connectivity index (χ1v) is 7.78. The van der Waals surface area contributed by atoms with E-state index in [4.69, 9.17) is 0 Å². The molecule has 1 atom stereocenters. The molecule has 0 aliphatic heterocycles. The van der Waals surface area contributed by atoms with Gasteiger partial charge < -0.3 is 5.32 Å². The van der Waals surface area contributed by atoms with Crippen molar-refractivity contribution >= 4 is 21.8 Å². The highest BCUT2D eigenvalue weighted by Gasteiger charge is 2.42. The number of alkyl halides is 4. The highest BCUT2D eigenvalue weighted by atomic mass is 79.9. The van der Waals surface area contributed by atoms with Crippen LogP contribution in [0.4, 0.5) is 13.2 Å². The van der Waals surface area contributed by atoms with Crippen LogP contribution in [0.2, 0.25) is 0 Å². The molecule has 2 nitrogen and oxygen atoms in total. The molecule has 112 valence electrons. The summed E-state index contributed by atoms with van der Waals surface area (Å²) in [4.78, 5) is 12.1. The Morgan fingerprint density at radius 1 is 1.26 bits per heavy atom. The van der Waals surface area contributed by atoms with Crippen LogP contribution in [-0.2, 0) is 4.79 Å². The van der Waals surface area contributed by atoms with E-state index in [0.29, 0.717) is 18.2 Å². The van der Waals surface area contributed by atoms with Gasteiger partial charge in [0.05, 0.1) is 5.92 Å². The van der Waals surface area contributed by atoms with Crippen molar-refractivity contribution in [1.82, 2.24) is 5.32 Å². The number of hydrogen-bond acceptors (Lipinski definition) is 1. The lowest BCUT2D eigenvalue weighted by molar-refractivity contribution is -0.184. The molecule has 1 saturated carbocycles. The van der Waals surface area contributed by atoms with E-state index in [0.717, 1.165) is 6.42 Å². The maximum atomic E-state index is 12.5. The molecule has 19 heavy (non-hydrogen) atoms. The SMILES string of the molecule is CCC(C)(CBr)NC(=O)C1CCC(C(F)(F)F)CC1. The second-order valence-corrected chi connectivity index (χ2v) is 6.19. The van der Waals surface area contributed by atoms with Crippen LogP contribution in [0.25, 0.3) is 0 Å². The van der Waals surface area contributed by atoms with E-state index in [2.05, 4.69) is 21.2 Å². The molecule has 1 aliphatic carbocycles. The van der Waals surface area contributed by atoms with Gasteiger partial charge in [-0.25, -0.2) is 0 Å². The topological polar surface area (TPSA) is 29.1 Å². The average molecular weight is 344 g/mol. The minimum atomic E-state index is -4.12. The van der Waals surface area contributed by atoms with Gasteiger partial charge in [0, 0.05) is 16.8 Å². The van der Waals surface area contributed by atoms with E-state index in [1.807, 2.05) is 13.8 Å². The molecule has 0 spiro atoms. The molecule has 1 rings (SSSR count). The predicted octanol–water partition coefficient (Wildman–Crippen LogP) is 4.03. The van der Waals surface area contributed by atoms with Crippen LogP contribution in [0.3, 0.4) is 0 Å². The number of rotatable bonds is 4. The fourth-order valence-electron chi connectivity index (χ4n) is 2.30. The summed E-state index contributed by atoms with van der Waals surface area (Å²) in [6.07, 6.45) is -2.54. The zero-order valence-electron chi connectivity index (χ0n) is 11.3. The molecule has 0 heterocycles. The zero-order valence-corrected chi connectivity index (χ0v) is 12.9. The fraction of sp³-hybridized carbons (Fsp3) is 0.923. The third-order valence-electron chi connectivity index (χ3n) is 4.06. The Hall–Kier alpha value is -0.260. The first-order chi connectivity index (χ1) is 8.72. The minimum absolute atomic E-state index is 0.0682. The maximum Gasteiger partial charge on any atom is 0.391 e. The van der Waals surface area contributed by atoms with Crippen LogP contribution < -0.4 is 5.32 Å². The Balaban J connectivity index is 2.50. The van der Waals surface area contributed by atoms with Gasteiger partial charge in [-0.3, -0.25) is 4.79 Å². The van der Waals surface area contributed by atoms with Gasteiger partial charge in [-0.1, -0.05) is 22.9 Å². The Morgan fingerprint density at radius 2 is 1.79 bits per heavy atom. The number of amides is 1. The summed E-state index contributed by atoms with van der Waals surface area (Å²) in [6.45, 7) is 3.91. The second kappa shape index (κ2) is 6.46. The molecule has 0 saturated heterocycles. The standard InChI is InChI=1S/C13H21BrF3NO/c1-3-12(2,8-14)18-11(19)9-4-6-10(7-5-9)13(15,16)17/h9-10H,3-8H2,1-2H3,(H,18,19). The lowest BCUT2D eigenvalue weighted by Gasteiger charge is -2.33. The molecule has 1 unspecified atom stereocenters. The lowest BCUT2D eigenvalue weighted by Crippen LogP contribution is -2.49. The van der Waals surface area contributed by atoms with E-state index in [1.165, 1.54) is 0 Å². The molecule has 0 aromatic carbocycles. The van der Waals surface area contributed by atoms with Crippen LogP contribution in [0.1, 0.15) is 46.0 Å². The Morgan fingerprint density at radius 3 is 2.16 bits per heavy atom. The number of nitrogens with one attached hydrogen (secondary N) is 1. The maximum absolute atomic E-state index is 12.5. The van der Waals surface area contributed by atoms with E-state index >= 15 is 0 Å². The quantitative estimate of drug-likeness (QED) is 0.767. The minimum Gasteiger partial charge on any atom is -0.350 e. The van der Waals surface area contributed by atoms with Gasteiger partial charge in [0.1, 0.15) is 0 Å². The van der Waals surface area contributed by atoms with Gasteiger partial charge in [-0.15, -0.1) is 0 Å². The van der Waals surface area contributed by atoms with Gasteiger partial charge in [0.25, 0.3) is 0 Å². The third kappa shape index (κ3) is 4.65. The molecule has 0 bridgehead atoms. The van der Waals surface area contributed by atoms with Crippen molar-refractivity contribution in [3.63, 3.8) is 0 Å². The molecule has 1 aliphatic rings.